The second kappa shape index (κ2) is 10.8. The minimum absolute atomic E-state index is 0.101. The van der Waals surface area contributed by atoms with Gasteiger partial charge in [-0.1, -0.05) is 48.0 Å². The number of rotatable bonds is 10. The first-order chi connectivity index (χ1) is 16.7. The Morgan fingerprint density at radius 2 is 1.34 bits per heavy atom. The maximum absolute atomic E-state index is 12.6. The van der Waals surface area contributed by atoms with Crippen LogP contribution in [0, 0.1) is 6.92 Å². The van der Waals surface area contributed by atoms with Gasteiger partial charge in [-0.2, -0.15) is 8.42 Å². The van der Waals surface area contributed by atoms with Crippen molar-refractivity contribution in [1.29, 1.82) is 0 Å². The third kappa shape index (κ3) is 7.05. The van der Waals surface area contributed by atoms with Gasteiger partial charge in [-0.25, -0.2) is 0 Å². The van der Waals surface area contributed by atoms with Gasteiger partial charge in [0.25, 0.3) is 10.1 Å². The van der Waals surface area contributed by atoms with Crippen LogP contribution in [0.25, 0.3) is 0 Å². The average Bonchev–Trinajstić information content (AvgIpc) is 3.15. The fraction of sp³-hybridized carbons (Fsp3) is 0.333. The predicted molar refractivity (Wildman–Crippen MR) is 131 cm³/mol. The van der Waals surface area contributed by atoms with E-state index in [4.69, 9.17) is 23.1 Å². The Balaban J connectivity index is 1.31. The van der Waals surface area contributed by atoms with E-state index in [0.29, 0.717) is 12.4 Å². The van der Waals surface area contributed by atoms with Crippen molar-refractivity contribution in [3.63, 3.8) is 0 Å². The third-order valence-corrected chi connectivity index (χ3v) is 6.76. The fourth-order valence-corrected chi connectivity index (χ4v) is 4.59. The highest BCUT2D eigenvalue weighted by Gasteiger charge is 2.42. The fourth-order valence-electron chi connectivity index (χ4n) is 3.67. The molecule has 0 amide bonds. The number of ether oxygens (including phenoxy) is 4. The Kier molecular flexibility index (Phi) is 7.76. The molecule has 0 unspecified atom stereocenters. The van der Waals surface area contributed by atoms with Crippen molar-refractivity contribution in [2.24, 2.45) is 0 Å². The molecule has 7 nitrogen and oxygen atoms in total. The Morgan fingerprint density at radius 3 is 1.97 bits per heavy atom. The second-order valence-corrected chi connectivity index (χ2v) is 10.4. The van der Waals surface area contributed by atoms with Crippen LogP contribution in [0.15, 0.2) is 83.8 Å². The highest BCUT2D eigenvalue weighted by Crippen LogP contribution is 2.30. The quantitative estimate of drug-likeness (QED) is 0.369. The highest BCUT2D eigenvalue weighted by atomic mass is 32.2. The van der Waals surface area contributed by atoms with E-state index < -0.39 is 28.1 Å². The molecular weight excluding hydrogens is 468 g/mol. The van der Waals surface area contributed by atoms with Crippen LogP contribution in [-0.2, 0) is 30.4 Å². The molecule has 3 aromatic rings. The molecule has 2 atom stereocenters. The van der Waals surface area contributed by atoms with Crippen LogP contribution in [0.2, 0.25) is 0 Å². The molecule has 1 aliphatic heterocycles. The van der Waals surface area contributed by atoms with Crippen LogP contribution in [0.3, 0.4) is 0 Å². The summed E-state index contributed by atoms with van der Waals surface area (Å²) in [6, 6.07) is 23.7. The van der Waals surface area contributed by atoms with Gasteiger partial charge in [0.2, 0.25) is 0 Å². The van der Waals surface area contributed by atoms with Crippen molar-refractivity contribution >= 4 is 10.1 Å². The summed E-state index contributed by atoms with van der Waals surface area (Å²) < 4.78 is 53.9. The van der Waals surface area contributed by atoms with Gasteiger partial charge in [-0.05, 0) is 62.7 Å². The first-order valence-electron chi connectivity index (χ1n) is 11.4. The van der Waals surface area contributed by atoms with Crippen LogP contribution in [0.5, 0.6) is 11.5 Å². The molecule has 0 aliphatic carbocycles. The number of benzene rings is 3. The Labute approximate surface area is 206 Å². The van der Waals surface area contributed by atoms with Gasteiger partial charge in [0.1, 0.15) is 36.9 Å². The van der Waals surface area contributed by atoms with E-state index in [2.05, 4.69) is 0 Å². The first-order valence-corrected chi connectivity index (χ1v) is 12.8. The van der Waals surface area contributed by atoms with Crippen molar-refractivity contribution in [2.45, 2.75) is 50.3 Å². The van der Waals surface area contributed by atoms with Gasteiger partial charge in [-0.15, -0.1) is 0 Å². The van der Waals surface area contributed by atoms with Gasteiger partial charge >= 0.3 is 0 Å². The molecule has 186 valence electrons. The molecule has 0 N–H and O–H groups in total. The van der Waals surface area contributed by atoms with E-state index >= 15 is 0 Å². The Bertz CT molecular complexity index is 1190. The lowest BCUT2D eigenvalue weighted by Gasteiger charge is -2.17. The van der Waals surface area contributed by atoms with Crippen LogP contribution >= 0.6 is 0 Å². The summed E-state index contributed by atoms with van der Waals surface area (Å²) in [7, 11) is -3.91. The lowest BCUT2D eigenvalue weighted by Crippen LogP contribution is -2.33. The van der Waals surface area contributed by atoms with Gasteiger partial charge in [0.05, 0.1) is 11.5 Å². The molecule has 0 radical (unpaired) electrons. The van der Waals surface area contributed by atoms with Crippen molar-refractivity contribution in [2.75, 3.05) is 13.2 Å². The summed E-state index contributed by atoms with van der Waals surface area (Å²) in [4.78, 5) is 0.101. The van der Waals surface area contributed by atoms with Crippen LogP contribution < -0.4 is 9.47 Å². The average molecular weight is 499 g/mol. The van der Waals surface area contributed by atoms with Gasteiger partial charge in [0.15, 0.2) is 5.79 Å². The molecule has 4 rings (SSSR count). The number of aryl methyl sites for hydroxylation is 1. The topological polar surface area (TPSA) is 80.3 Å². The minimum atomic E-state index is -3.91. The molecular formula is C27H30O7S. The molecule has 3 aromatic carbocycles. The van der Waals surface area contributed by atoms with Crippen molar-refractivity contribution in [1.82, 2.24) is 0 Å². The molecule has 1 heterocycles. The molecule has 1 saturated heterocycles. The summed E-state index contributed by atoms with van der Waals surface area (Å²) in [5, 5.41) is 0. The van der Waals surface area contributed by atoms with Crippen molar-refractivity contribution in [3.8, 4) is 11.5 Å². The van der Waals surface area contributed by atoms with Gasteiger partial charge in [-0.3, -0.25) is 4.18 Å². The lowest BCUT2D eigenvalue weighted by molar-refractivity contribution is -0.150. The summed E-state index contributed by atoms with van der Waals surface area (Å²) >= 11 is 0. The first kappa shape index (κ1) is 25.2. The largest absolute Gasteiger partial charge is 0.491 e. The lowest BCUT2D eigenvalue weighted by atomic mass is 10.2. The Morgan fingerprint density at radius 1 is 0.771 bits per heavy atom. The normalized spacial score (nSPS) is 19.4. The zero-order valence-corrected chi connectivity index (χ0v) is 20.9. The van der Waals surface area contributed by atoms with Gasteiger partial charge < -0.3 is 18.9 Å². The zero-order chi connectivity index (χ0) is 24.9. The maximum Gasteiger partial charge on any atom is 0.297 e. The summed E-state index contributed by atoms with van der Waals surface area (Å²) in [6.45, 7) is 5.91. The Hall–Kier alpha value is -2.91. The molecule has 1 fully saturated rings. The smallest absolute Gasteiger partial charge is 0.297 e. The molecule has 0 saturated carbocycles. The highest BCUT2D eigenvalue weighted by molar-refractivity contribution is 7.86. The van der Waals surface area contributed by atoms with E-state index in [0.717, 1.165) is 16.9 Å². The van der Waals surface area contributed by atoms with E-state index in [1.165, 1.54) is 12.1 Å². The molecule has 1 aliphatic rings. The van der Waals surface area contributed by atoms with Crippen LogP contribution in [-0.4, -0.2) is 39.6 Å². The standard InChI is InChI=1S/C27H30O7S/c1-20-9-15-24(16-10-20)35(28,29)32-19-26-25(33-27(2,3)34-26)18-31-23-13-11-22(12-14-23)30-17-21-7-5-4-6-8-21/h4-16,25-26H,17-19H2,1-3H3/t25-,26-/m0/s1. The molecule has 0 bridgehead atoms. The van der Waals surface area contributed by atoms with E-state index in [1.807, 2.05) is 61.5 Å². The van der Waals surface area contributed by atoms with Crippen LogP contribution in [0.1, 0.15) is 25.0 Å². The van der Waals surface area contributed by atoms with E-state index in [9.17, 15) is 8.42 Å². The molecule has 0 aromatic heterocycles. The van der Waals surface area contributed by atoms with E-state index in [1.54, 1.807) is 26.0 Å². The SMILES string of the molecule is Cc1ccc(S(=O)(=O)OC[C@@H]2OC(C)(C)O[C@H]2COc2ccc(OCc3ccccc3)cc2)cc1. The second-order valence-electron chi connectivity index (χ2n) is 8.82. The third-order valence-electron chi connectivity index (χ3n) is 5.47. The van der Waals surface area contributed by atoms with Crippen molar-refractivity contribution in [3.05, 3.63) is 90.0 Å². The van der Waals surface area contributed by atoms with E-state index in [-0.39, 0.29) is 18.1 Å². The molecule has 8 heteroatoms. The van der Waals surface area contributed by atoms with Crippen LogP contribution in [0.4, 0.5) is 0 Å². The summed E-state index contributed by atoms with van der Waals surface area (Å²) in [6.07, 6.45) is -1.12. The zero-order valence-electron chi connectivity index (χ0n) is 20.0. The maximum atomic E-state index is 12.6. The monoisotopic (exact) mass is 498 g/mol. The molecule has 0 spiro atoms. The minimum Gasteiger partial charge on any atom is -0.491 e. The number of hydrogen-bond donors (Lipinski definition) is 0. The molecule has 35 heavy (non-hydrogen) atoms. The number of hydrogen-bond acceptors (Lipinski definition) is 7. The summed E-state index contributed by atoms with van der Waals surface area (Å²) in [5.74, 6) is 0.484. The predicted octanol–water partition coefficient (Wildman–Crippen LogP) is 4.88. The van der Waals surface area contributed by atoms with Crippen molar-refractivity contribution < 1.29 is 31.5 Å². The van der Waals surface area contributed by atoms with Gasteiger partial charge in [0, 0.05) is 0 Å². The summed E-state index contributed by atoms with van der Waals surface area (Å²) in [5.41, 5.74) is 2.05.